The number of hydrogen-bond acceptors (Lipinski definition) is 2. The number of nitrogens with zero attached hydrogens (tertiary/aromatic N) is 2. The van der Waals surface area contributed by atoms with Crippen molar-refractivity contribution < 1.29 is 0 Å². The zero-order chi connectivity index (χ0) is 18.8. The van der Waals surface area contributed by atoms with Gasteiger partial charge in [-0.1, -0.05) is 61.2 Å². The summed E-state index contributed by atoms with van der Waals surface area (Å²) in [6.07, 6.45) is 6.45. The molecule has 2 aromatic carbocycles. The van der Waals surface area contributed by atoms with E-state index in [0.29, 0.717) is 6.04 Å². The van der Waals surface area contributed by atoms with Gasteiger partial charge in [-0.15, -0.1) is 0 Å². The maximum atomic E-state index is 6.12. The Labute approximate surface area is 167 Å². The van der Waals surface area contributed by atoms with E-state index < -0.39 is 0 Å². The van der Waals surface area contributed by atoms with E-state index in [4.69, 9.17) is 16.6 Å². The summed E-state index contributed by atoms with van der Waals surface area (Å²) in [5.74, 6) is 1.10. The summed E-state index contributed by atoms with van der Waals surface area (Å²) in [7, 11) is 0. The van der Waals surface area contributed by atoms with Crippen LogP contribution in [0, 0.1) is 6.92 Å². The second-order valence-corrected chi connectivity index (χ2v) is 8.18. The highest BCUT2D eigenvalue weighted by molar-refractivity contribution is 6.30. The van der Waals surface area contributed by atoms with Crippen molar-refractivity contribution in [3.8, 4) is 0 Å². The van der Waals surface area contributed by atoms with Gasteiger partial charge in [-0.3, -0.25) is 0 Å². The molecule has 0 bridgehead atoms. The van der Waals surface area contributed by atoms with Gasteiger partial charge in [-0.25, -0.2) is 4.98 Å². The predicted octanol–water partition coefficient (Wildman–Crippen LogP) is 7.10. The number of aryl methyl sites for hydroxylation is 1. The maximum absolute atomic E-state index is 6.12. The summed E-state index contributed by atoms with van der Waals surface area (Å²) in [6, 6.07) is 19.8. The number of anilines is 1. The zero-order valence-electron chi connectivity index (χ0n) is 16.2. The van der Waals surface area contributed by atoms with Gasteiger partial charge in [0.1, 0.15) is 5.82 Å². The lowest BCUT2D eigenvalue weighted by Crippen LogP contribution is -2.39. The van der Waals surface area contributed by atoms with E-state index in [1.807, 2.05) is 12.1 Å². The first-order chi connectivity index (χ1) is 13.1. The quantitative estimate of drug-likeness (QED) is 0.481. The van der Waals surface area contributed by atoms with Crippen molar-refractivity contribution >= 4 is 28.3 Å². The van der Waals surface area contributed by atoms with Crippen LogP contribution < -0.4 is 4.90 Å². The monoisotopic (exact) mass is 378 g/mol. The van der Waals surface area contributed by atoms with Crippen LogP contribution in [0.2, 0.25) is 5.02 Å². The molecule has 1 aliphatic carbocycles. The molecule has 0 spiro atoms. The lowest BCUT2D eigenvalue weighted by molar-refractivity contribution is 0.393. The van der Waals surface area contributed by atoms with Crippen LogP contribution >= 0.6 is 11.6 Å². The lowest BCUT2D eigenvalue weighted by Gasteiger charge is -2.40. The number of fused-ring (bicyclic) bond motifs is 1. The van der Waals surface area contributed by atoms with Crippen LogP contribution in [0.3, 0.4) is 0 Å². The Kier molecular flexibility index (Phi) is 5.36. The van der Waals surface area contributed by atoms with Gasteiger partial charge in [0.15, 0.2) is 0 Å². The molecule has 0 aliphatic heterocycles. The second kappa shape index (κ2) is 7.90. The minimum absolute atomic E-state index is 0.262. The van der Waals surface area contributed by atoms with Crippen LogP contribution in [0.1, 0.15) is 56.2 Å². The molecule has 3 heteroatoms. The van der Waals surface area contributed by atoms with Crippen molar-refractivity contribution in [3.63, 3.8) is 0 Å². The molecular formula is C24H27ClN2. The highest BCUT2D eigenvalue weighted by Crippen LogP contribution is 2.35. The molecule has 1 aromatic heterocycles. The molecule has 140 valence electrons. The Hall–Kier alpha value is -2.06. The lowest BCUT2D eigenvalue weighted by atomic mass is 9.92. The average molecular weight is 379 g/mol. The molecule has 0 amide bonds. The van der Waals surface area contributed by atoms with E-state index in [0.717, 1.165) is 16.4 Å². The summed E-state index contributed by atoms with van der Waals surface area (Å²) < 4.78 is 0. The normalized spacial score (nSPS) is 16.4. The molecule has 1 saturated carbocycles. The fraction of sp³-hybridized carbons (Fsp3) is 0.375. The highest BCUT2D eigenvalue weighted by Gasteiger charge is 2.28. The third-order valence-electron chi connectivity index (χ3n) is 5.91. The molecule has 27 heavy (non-hydrogen) atoms. The molecule has 4 rings (SSSR count). The van der Waals surface area contributed by atoms with Gasteiger partial charge >= 0.3 is 0 Å². The fourth-order valence-electron chi connectivity index (χ4n) is 4.43. The minimum atomic E-state index is 0.262. The van der Waals surface area contributed by atoms with Gasteiger partial charge in [0.25, 0.3) is 0 Å². The number of para-hydroxylation sites is 1. The Bertz CT molecular complexity index is 913. The van der Waals surface area contributed by atoms with Crippen molar-refractivity contribution in [2.24, 2.45) is 0 Å². The van der Waals surface area contributed by atoms with Crippen LogP contribution in [-0.2, 0) is 0 Å². The van der Waals surface area contributed by atoms with Gasteiger partial charge in [-0.05, 0) is 62.1 Å². The topological polar surface area (TPSA) is 16.1 Å². The summed E-state index contributed by atoms with van der Waals surface area (Å²) >= 11 is 6.12. The van der Waals surface area contributed by atoms with Gasteiger partial charge in [-0.2, -0.15) is 0 Å². The van der Waals surface area contributed by atoms with E-state index in [9.17, 15) is 0 Å². The van der Waals surface area contributed by atoms with E-state index in [1.54, 1.807) is 0 Å². The largest absolute Gasteiger partial charge is 0.347 e. The first-order valence-electron chi connectivity index (χ1n) is 10.0. The third kappa shape index (κ3) is 3.82. The Morgan fingerprint density at radius 3 is 2.44 bits per heavy atom. The van der Waals surface area contributed by atoms with Crippen molar-refractivity contribution in [2.75, 3.05) is 4.90 Å². The van der Waals surface area contributed by atoms with E-state index in [-0.39, 0.29) is 6.04 Å². The molecule has 0 saturated heterocycles. The molecular weight excluding hydrogens is 352 g/mol. The van der Waals surface area contributed by atoms with Gasteiger partial charge in [0, 0.05) is 16.5 Å². The fourth-order valence-corrected chi connectivity index (χ4v) is 4.55. The molecule has 1 heterocycles. The number of hydrogen-bond donors (Lipinski definition) is 0. The smallest absolute Gasteiger partial charge is 0.130 e. The number of aromatic nitrogens is 1. The summed E-state index contributed by atoms with van der Waals surface area (Å²) in [6.45, 7) is 4.49. The molecule has 3 aromatic rings. The van der Waals surface area contributed by atoms with Crippen LogP contribution in [0.25, 0.3) is 10.9 Å². The van der Waals surface area contributed by atoms with Gasteiger partial charge in [0.05, 0.1) is 11.6 Å². The van der Waals surface area contributed by atoms with Crippen molar-refractivity contribution in [2.45, 2.75) is 58.0 Å². The van der Waals surface area contributed by atoms with Crippen molar-refractivity contribution in [1.82, 2.24) is 4.98 Å². The van der Waals surface area contributed by atoms with Crippen LogP contribution in [0.5, 0.6) is 0 Å². The Balaban J connectivity index is 1.78. The molecule has 0 radical (unpaired) electrons. The molecule has 1 atom stereocenters. The Morgan fingerprint density at radius 2 is 1.70 bits per heavy atom. The zero-order valence-corrected chi connectivity index (χ0v) is 16.9. The maximum Gasteiger partial charge on any atom is 0.130 e. The summed E-state index contributed by atoms with van der Waals surface area (Å²) in [4.78, 5) is 7.63. The van der Waals surface area contributed by atoms with Crippen molar-refractivity contribution in [3.05, 3.63) is 70.7 Å². The van der Waals surface area contributed by atoms with Gasteiger partial charge < -0.3 is 4.90 Å². The minimum Gasteiger partial charge on any atom is -0.347 e. The van der Waals surface area contributed by atoms with E-state index >= 15 is 0 Å². The second-order valence-electron chi connectivity index (χ2n) is 7.74. The number of pyridine rings is 1. The van der Waals surface area contributed by atoms with Crippen molar-refractivity contribution in [1.29, 1.82) is 0 Å². The average Bonchev–Trinajstić information content (AvgIpc) is 2.69. The molecule has 0 N–H and O–H groups in total. The summed E-state index contributed by atoms with van der Waals surface area (Å²) in [5.41, 5.74) is 3.66. The van der Waals surface area contributed by atoms with Crippen LogP contribution in [0.4, 0.5) is 5.82 Å². The molecule has 0 unspecified atom stereocenters. The molecule has 2 nitrogen and oxygen atoms in total. The number of halogens is 1. The standard InChI is InChI=1S/C24H27ClN2/c1-17-16-24(26-23-11-7-6-10-22(17)23)27(21-8-4-3-5-9-21)18(2)19-12-14-20(25)15-13-19/h6-7,10-16,18,21H,3-5,8-9H2,1-2H3/t18-/m1/s1. The molecule has 1 aliphatic rings. The number of rotatable bonds is 4. The number of benzene rings is 2. The van der Waals surface area contributed by atoms with E-state index in [2.05, 4.69) is 61.2 Å². The van der Waals surface area contributed by atoms with Crippen LogP contribution in [-0.4, -0.2) is 11.0 Å². The SMILES string of the molecule is Cc1cc(N(C2CCCCC2)[C@H](C)c2ccc(Cl)cc2)nc2ccccc12. The predicted molar refractivity (Wildman–Crippen MR) is 116 cm³/mol. The third-order valence-corrected chi connectivity index (χ3v) is 6.16. The Morgan fingerprint density at radius 1 is 1.00 bits per heavy atom. The molecule has 1 fully saturated rings. The first kappa shape index (κ1) is 18.3. The highest BCUT2D eigenvalue weighted by atomic mass is 35.5. The first-order valence-corrected chi connectivity index (χ1v) is 10.4. The van der Waals surface area contributed by atoms with Gasteiger partial charge in [0.2, 0.25) is 0 Å². The van der Waals surface area contributed by atoms with Crippen LogP contribution in [0.15, 0.2) is 54.6 Å². The van der Waals surface area contributed by atoms with E-state index in [1.165, 1.54) is 48.6 Å². The summed E-state index contributed by atoms with van der Waals surface area (Å²) in [5, 5.41) is 2.03.